The van der Waals surface area contributed by atoms with E-state index in [0.717, 1.165) is 5.56 Å². The van der Waals surface area contributed by atoms with E-state index >= 15 is 0 Å². The number of fused-ring (bicyclic) bond motifs is 1. The van der Waals surface area contributed by atoms with Crippen molar-refractivity contribution in [2.45, 2.75) is 19.8 Å². The number of ether oxygens (including phenoxy) is 1. The molecule has 1 aliphatic heterocycles. The fourth-order valence-electron chi connectivity index (χ4n) is 2.29. The van der Waals surface area contributed by atoms with Gasteiger partial charge in [-0.25, -0.2) is 0 Å². The lowest BCUT2D eigenvalue weighted by atomic mass is 10.0. The van der Waals surface area contributed by atoms with Crippen LogP contribution in [0.4, 0.5) is 0 Å². The Hall–Kier alpha value is -2.06. The molecule has 0 fully saturated rings. The molecule has 0 bridgehead atoms. The summed E-state index contributed by atoms with van der Waals surface area (Å²) in [4.78, 5) is 12.3. The molecule has 0 saturated carbocycles. The summed E-state index contributed by atoms with van der Waals surface area (Å²) in [6, 6.07) is 13.2. The maximum atomic E-state index is 12.3. The van der Waals surface area contributed by atoms with Gasteiger partial charge in [-0.15, -0.1) is 0 Å². The molecule has 2 aromatic rings. The summed E-state index contributed by atoms with van der Waals surface area (Å²) in [5.41, 5.74) is 2.74. The van der Waals surface area contributed by atoms with Gasteiger partial charge in [0, 0.05) is 5.02 Å². The number of Topliss-reactive ketones (excluding diaryl/α,β-unsaturated/α-hetero) is 1. The van der Waals surface area contributed by atoms with Crippen LogP contribution in [0.3, 0.4) is 0 Å². The summed E-state index contributed by atoms with van der Waals surface area (Å²) >= 11 is 5.92. The highest BCUT2D eigenvalue weighted by molar-refractivity contribution is 6.31. The molecule has 0 radical (unpaired) electrons. The summed E-state index contributed by atoms with van der Waals surface area (Å²) in [5.74, 6) is 1.27. The number of ketones is 1. The second-order valence-corrected chi connectivity index (χ2v) is 5.84. The molecule has 3 heteroatoms. The number of benzene rings is 2. The Kier molecular flexibility index (Phi) is 3.56. The van der Waals surface area contributed by atoms with E-state index in [1.54, 1.807) is 24.3 Å². The van der Waals surface area contributed by atoms with E-state index in [2.05, 4.69) is 26.0 Å². The zero-order chi connectivity index (χ0) is 15.0. The third-order valence-electron chi connectivity index (χ3n) is 3.53. The van der Waals surface area contributed by atoms with Crippen LogP contribution in [0, 0.1) is 0 Å². The van der Waals surface area contributed by atoms with Gasteiger partial charge in [0.1, 0.15) is 5.75 Å². The van der Waals surface area contributed by atoms with Gasteiger partial charge >= 0.3 is 0 Å². The number of rotatable bonds is 2. The van der Waals surface area contributed by atoms with Crippen LogP contribution in [-0.4, -0.2) is 5.78 Å². The van der Waals surface area contributed by atoms with Crippen molar-refractivity contribution in [1.82, 2.24) is 0 Å². The van der Waals surface area contributed by atoms with Gasteiger partial charge in [0.2, 0.25) is 5.78 Å². The maximum absolute atomic E-state index is 12.3. The molecule has 0 N–H and O–H groups in total. The van der Waals surface area contributed by atoms with Crippen LogP contribution in [0.1, 0.15) is 41.3 Å². The molecule has 3 rings (SSSR count). The van der Waals surface area contributed by atoms with Gasteiger partial charge in [0.25, 0.3) is 0 Å². The Bertz CT molecular complexity index is 727. The van der Waals surface area contributed by atoms with Gasteiger partial charge in [-0.3, -0.25) is 4.79 Å². The fraction of sp³-hybridized carbons (Fsp3) is 0.167. The van der Waals surface area contributed by atoms with Crippen molar-refractivity contribution in [3.8, 4) is 5.75 Å². The second kappa shape index (κ2) is 5.38. The lowest BCUT2D eigenvalue weighted by molar-refractivity contribution is 0.101. The van der Waals surface area contributed by atoms with Crippen molar-refractivity contribution >= 4 is 23.5 Å². The quantitative estimate of drug-likeness (QED) is 0.723. The molecule has 0 spiro atoms. The Morgan fingerprint density at radius 2 is 1.81 bits per heavy atom. The Labute approximate surface area is 129 Å². The molecule has 1 heterocycles. The highest BCUT2D eigenvalue weighted by Gasteiger charge is 2.27. The number of allylic oxidation sites excluding steroid dienone is 1. The molecule has 2 nitrogen and oxygen atoms in total. The molecule has 1 aliphatic rings. The summed E-state index contributed by atoms with van der Waals surface area (Å²) in [7, 11) is 0. The molecule has 0 unspecified atom stereocenters. The van der Waals surface area contributed by atoms with E-state index in [-0.39, 0.29) is 5.78 Å². The Morgan fingerprint density at radius 3 is 2.48 bits per heavy atom. The van der Waals surface area contributed by atoms with Crippen LogP contribution in [0.15, 0.2) is 48.2 Å². The van der Waals surface area contributed by atoms with Crippen LogP contribution in [-0.2, 0) is 0 Å². The van der Waals surface area contributed by atoms with Crippen molar-refractivity contribution in [2.75, 3.05) is 0 Å². The van der Waals surface area contributed by atoms with Crippen molar-refractivity contribution < 1.29 is 9.53 Å². The predicted molar refractivity (Wildman–Crippen MR) is 84.9 cm³/mol. The standard InChI is InChI=1S/C18H15ClO2/c1-11(2)13-5-3-12(4-6-13)9-17-18(20)15-10-14(19)7-8-16(15)21-17/h3-11H,1-2H3/b17-9-. The molecule has 0 amide bonds. The molecular weight excluding hydrogens is 284 g/mol. The Balaban J connectivity index is 1.90. The SMILES string of the molecule is CC(C)c1ccc(/C=C2\Oc3ccc(Cl)cc3C2=O)cc1. The molecule has 0 aromatic heterocycles. The second-order valence-electron chi connectivity index (χ2n) is 5.40. The maximum Gasteiger partial charge on any atom is 0.232 e. The predicted octanol–water partition coefficient (Wildman–Crippen LogP) is 5.08. The van der Waals surface area contributed by atoms with E-state index in [4.69, 9.17) is 16.3 Å². The number of halogens is 1. The first-order valence-corrected chi connectivity index (χ1v) is 7.26. The normalized spacial score (nSPS) is 15.4. The first-order valence-electron chi connectivity index (χ1n) is 6.88. The van der Waals surface area contributed by atoms with Gasteiger partial charge in [-0.2, -0.15) is 0 Å². The van der Waals surface area contributed by atoms with Gasteiger partial charge in [-0.1, -0.05) is 49.7 Å². The first-order chi connectivity index (χ1) is 10.0. The molecule has 2 aromatic carbocycles. The van der Waals surface area contributed by atoms with Crippen molar-refractivity contribution in [2.24, 2.45) is 0 Å². The molecule has 21 heavy (non-hydrogen) atoms. The van der Waals surface area contributed by atoms with E-state index in [1.807, 2.05) is 12.1 Å². The van der Waals surface area contributed by atoms with E-state index in [0.29, 0.717) is 28.0 Å². The summed E-state index contributed by atoms with van der Waals surface area (Å²) < 4.78 is 5.61. The van der Waals surface area contributed by atoms with Crippen molar-refractivity contribution in [3.05, 3.63) is 69.9 Å². The monoisotopic (exact) mass is 298 g/mol. The number of hydrogen-bond donors (Lipinski definition) is 0. The fourth-order valence-corrected chi connectivity index (χ4v) is 2.46. The highest BCUT2D eigenvalue weighted by atomic mass is 35.5. The lowest BCUT2D eigenvalue weighted by Gasteiger charge is -2.05. The molecular formula is C18H15ClO2. The third-order valence-corrected chi connectivity index (χ3v) is 3.77. The number of carbonyl (C=O) groups excluding carboxylic acids is 1. The smallest absolute Gasteiger partial charge is 0.232 e. The van der Waals surface area contributed by atoms with Crippen LogP contribution in [0.5, 0.6) is 5.75 Å². The van der Waals surface area contributed by atoms with Crippen molar-refractivity contribution in [1.29, 1.82) is 0 Å². The largest absolute Gasteiger partial charge is 0.452 e. The minimum atomic E-state index is -0.125. The average molecular weight is 299 g/mol. The highest BCUT2D eigenvalue weighted by Crippen LogP contribution is 2.33. The van der Waals surface area contributed by atoms with Crippen LogP contribution < -0.4 is 4.74 Å². The minimum Gasteiger partial charge on any atom is -0.452 e. The average Bonchev–Trinajstić information content (AvgIpc) is 2.76. The zero-order valence-corrected chi connectivity index (χ0v) is 12.6. The third kappa shape index (κ3) is 2.72. The first kappa shape index (κ1) is 13.9. The van der Waals surface area contributed by atoms with Gasteiger partial charge in [0.15, 0.2) is 5.76 Å². The molecule has 106 valence electrons. The lowest BCUT2D eigenvalue weighted by Crippen LogP contribution is -1.98. The van der Waals surface area contributed by atoms with E-state index < -0.39 is 0 Å². The van der Waals surface area contributed by atoms with Crippen LogP contribution in [0.2, 0.25) is 5.02 Å². The topological polar surface area (TPSA) is 26.3 Å². The summed E-state index contributed by atoms with van der Waals surface area (Å²) in [6.07, 6.45) is 1.76. The van der Waals surface area contributed by atoms with Crippen LogP contribution in [0.25, 0.3) is 6.08 Å². The molecule has 0 saturated heterocycles. The minimum absolute atomic E-state index is 0.125. The summed E-state index contributed by atoms with van der Waals surface area (Å²) in [5, 5.41) is 0.535. The number of carbonyl (C=O) groups is 1. The summed E-state index contributed by atoms with van der Waals surface area (Å²) in [6.45, 7) is 4.30. The van der Waals surface area contributed by atoms with Gasteiger partial charge < -0.3 is 4.74 Å². The van der Waals surface area contributed by atoms with Gasteiger partial charge in [0.05, 0.1) is 5.56 Å². The Morgan fingerprint density at radius 1 is 1.10 bits per heavy atom. The number of hydrogen-bond acceptors (Lipinski definition) is 2. The van der Waals surface area contributed by atoms with E-state index in [9.17, 15) is 4.79 Å². The van der Waals surface area contributed by atoms with Crippen LogP contribution >= 0.6 is 11.6 Å². The molecule has 0 aliphatic carbocycles. The zero-order valence-electron chi connectivity index (χ0n) is 11.9. The van der Waals surface area contributed by atoms with E-state index in [1.165, 1.54) is 5.56 Å². The van der Waals surface area contributed by atoms with Gasteiger partial charge in [-0.05, 0) is 41.3 Å². The van der Waals surface area contributed by atoms with Crippen molar-refractivity contribution in [3.63, 3.8) is 0 Å². The molecule has 0 atom stereocenters.